The second kappa shape index (κ2) is 8.64. The first-order chi connectivity index (χ1) is 8.31. The summed E-state index contributed by atoms with van der Waals surface area (Å²) in [6.07, 6.45) is 1.31. The van der Waals surface area contributed by atoms with Crippen molar-refractivity contribution in [1.82, 2.24) is 0 Å². The normalized spacial score (nSPS) is 18.0. The van der Waals surface area contributed by atoms with E-state index >= 15 is 0 Å². The van der Waals surface area contributed by atoms with Gasteiger partial charge in [0.1, 0.15) is 0 Å². The lowest BCUT2D eigenvalue weighted by Gasteiger charge is -2.24. The molecule has 0 radical (unpaired) electrons. The van der Waals surface area contributed by atoms with Crippen LogP contribution in [0.1, 0.15) is 46.0 Å². The number of rotatable bonds is 10. The van der Waals surface area contributed by atoms with Crippen LogP contribution in [0.2, 0.25) is 0 Å². The van der Waals surface area contributed by atoms with Crippen molar-refractivity contribution < 1.29 is 29.0 Å². The molecule has 0 aliphatic carbocycles. The van der Waals surface area contributed by atoms with Crippen LogP contribution in [0.15, 0.2) is 0 Å². The molecule has 3 atom stereocenters. The van der Waals surface area contributed by atoms with Crippen molar-refractivity contribution in [3.63, 3.8) is 0 Å². The topological polar surface area (TPSA) is 104 Å². The van der Waals surface area contributed by atoms with Crippen LogP contribution in [-0.2, 0) is 13.9 Å². The molecule has 0 spiro atoms. The molecule has 0 aliphatic heterocycles. The molecule has 0 aliphatic rings. The lowest BCUT2D eigenvalue weighted by Crippen LogP contribution is -2.24. The molecule has 0 aromatic heterocycles. The van der Waals surface area contributed by atoms with Gasteiger partial charge in [0.2, 0.25) is 0 Å². The van der Waals surface area contributed by atoms with E-state index in [1.165, 1.54) is 6.92 Å². The van der Waals surface area contributed by atoms with E-state index in [2.05, 4.69) is 0 Å². The van der Waals surface area contributed by atoms with Gasteiger partial charge in [0.15, 0.2) is 0 Å². The summed E-state index contributed by atoms with van der Waals surface area (Å²) in [7, 11) is -3.79. The van der Waals surface area contributed by atoms with Crippen molar-refractivity contribution in [2.24, 2.45) is 0 Å². The molecule has 3 unspecified atom stereocenters. The molecule has 3 N–H and O–H groups in total. The minimum atomic E-state index is -3.79. The van der Waals surface area contributed by atoms with Gasteiger partial charge in [-0.2, -0.15) is 0 Å². The molecule has 108 valence electrons. The predicted molar refractivity (Wildman–Crippen MR) is 67.6 cm³/mol. The Morgan fingerprint density at radius 1 is 1.33 bits per heavy atom. The summed E-state index contributed by atoms with van der Waals surface area (Å²) in [5, 5.41) is 18.0. The van der Waals surface area contributed by atoms with Crippen molar-refractivity contribution >= 4 is 13.6 Å². The molecule has 0 amide bonds. The van der Waals surface area contributed by atoms with Crippen LogP contribution in [0, 0.1) is 0 Å². The van der Waals surface area contributed by atoms with Crippen LogP contribution in [0.3, 0.4) is 0 Å². The summed E-state index contributed by atoms with van der Waals surface area (Å²) in [6.45, 7) is 3.20. The van der Waals surface area contributed by atoms with Gasteiger partial charge in [-0.25, -0.2) is 0 Å². The van der Waals surface area contributed by atoms with Gasteiger partial charge in [-0.15, -0.1) is 0 Å². The summed E-state index contributed by atoms with van der Waals surface area (Å²) in [5.41, 5.74) is -0.803. The van der Waals surface area contributed by atoms with Gasteiger partial charge < -0.3 is 19.6 Å². The minimum absolute atomic E-state index is 0.0988. The third kappa shape index (κ3) is 7.11. The van der Waals surface area contributed by atoms with Gasteiger partial charge in [0, 0.05) is 6.42 Å². The van der Waals surface area contributed by atoms with Gasteiger partial charge in [-0.3, -0.25) is 9.36 Å². The maximum Gasteiger partial charge on any atom is 0.333 e. The van der Waals surface area contributed by atoms with E-state index in [9.17, 15) is 19.4 Å². The summed E-state index contributed by atoms with van der Waals surface area (Å²) in [6, 6.07) is 0. The van der Waals surface area contributed by atoms with E-state index < -0.39 is 25.3 Å². The van der Waals surface area contributed by atoms with E-state index in [4.69, 9.17) is 9.63 Å². The van der Waals surface area contributed by atoms with Gasteiger partial charge in [-0.05, 0) is 26.7 Å². The molecule has 0 bridgehead atoms. The summed E-state index contributed by atoms with van der Waals surface area (Å²) < 4.78 is 16.6. The molecule has 6 nitrogen and oxygen atoms in total. The first-order valence-corrected chi connectivity index (χ1v) is 7.82. The average Bonchev–Trinajstić information content (AvgIpc) is 2.21. The Hall–Kier alpha value is -0.420. The van der Waals surface area contributed by atoms with Crippen LogP contribution in [0.5, 0.6) is 0 Å². The van der Waals surface area contributed by atoms with E-state index in [-0.39, 0.29) is 13.0 Å². The van der Waals surface area contributed by atoms with Crippen LogP contribution < -0.4 is 0 Å². The van der Waals surface area contributed by atoms with E-state index in [1.807, 2.05) is 0 Å². The lowest BCUT2D eigenvalue weighted by molar-refractivity contribution is -0.137. The average molecular weight is 282 g/mol. The van der Waals surface area contributed by atoms with E-state index in [1.54, 1.807) is 6.92 Å². The second-order valence-corrected chi connectivity index (χ2v) is 6.33. The van der Waals surface area contributed by atoms with Crippen LogP contribution >= 0.6 is 7.60 Å². The third-order valence-electron chi connectivity index (χ3n) is 2.68. The smallest absolute Gasteiger partial charge is 0.333 e. The summed E-state index contributed by atoms with van der Waals surface area (Å²) in [5.74, 6) is -0.843. The van der Waals surface area contributed by atoms with Gasteiger partial charge in [-0.1, -0.05) is 12.8 Å². The molecule has 0 fully saturated rings. The highest BCUT2D eigenvalue weighted by Crippen LogP contribution is 2.50. The number of aliphatic hydroxyl groups is 1. The minimum Gasteiger partial charge on any atom is -0.481 e. The molecule has 0 aromatic rings. The zero-order chi connectivity index (χ0) is 14.2. The number of aliphatic hydroxyl groups excluding tert-OH is 1. The highest BCUT2D eigenvalue weighted by molar-refractivity contribution is 7.53. The maximum absolute atomic E-state index is 11.8. The van der Waals surface area contributed by atoms with Crippen LogP contribution in [0.25, 0.3) is 0 Å². The fraction of sp³-hybridized carbons (Fsp3) is 0.909. The third-order valence-corrected chi connectivity index (χ3v) is 4.84. The van der Waals surface area contributed by atoms with Gasteiger partial charge >= 0.3 is 13.6 Å². The highest BCUT2D eigenvalue weighted by atomic mass is 31.2. The molecule has 7 heteroatoms. The highest BCUT2D eigenvalue weighted by Gasteiger charge is 2.35. The molecule has 0 aromatic carbocycles. The first kappa shape index (κ1) is 17.6. The largest absolute Gasteiger partial charge is 0.481 e. The first-order valence-electron chi connectivity index (χ1n) is 6.18. The molecule has 18 heavy (non-hydrogen) atoms. The maximum atomic E-state index is 11.8. The fourth-order valence-electron chi connectivity index (χ4n) is 1.76. The zero-order valence-corrected chi connectivity index (χ0v) is 11.8. The molecule has 0 rings (SSSR count). The van der Waals surface area contributed by atoms with Crippen molar-refractivity contribution in [2.75, 3.05) is 6.61 Å². The second-order valence-electron chi connectivity index (χ2n) is 4.28. The molecule has 0 saturated heterocycles. The lowest BCUT2D eigenvalue weighted by atomic mass is 10.1. The SMILES string of the molecule is CCOP(=O)(O)C(CCCCCC(=O)O)C(C)O. The number of carboxylic acids is 1. The van der Waals surface area contributed by atoms with E-state index in [0.29, 0.717) is 25.7 Å². The van der Waals surface area contributed by atoms with Gasteiger partial charge in [0.25, 0.3) is 0 Å². The summed E-state index contributed by atoms with van der Waals surface area (Å²) in [4.78, 5) is 20.0. The Morgan fingerprint density at radius 3 is 2.39 bits per heavy atom. The van der Waals surface area contributed by atoms with Gasteiger partial charge in [0.05, 0.1) is 18.4 Å². The Bertz CT molecular complexity index is 291. The number of hydrogen-bond donors (Lipinski definition) is 3. The van der Waals surface area contributed by atoms with Crippen LogP contribution in [0.4, 0.5) is 0 Å². The van der Waals surface area contributed by atoms with Crippen molar-refractivity contribution in [2.45, 2.75) is 57.7 Å². The Morgan fingerprint density at radius 2 is 1.94 bits per heavy atom. The van der Waals surface area contributed by atoms with Crippen LogP contribution in [-0.4, -0.2) is 39.4 Å². The van der Waals surface area contributed by atoms with Crippen molar-refractivity contribution in [3.05, 3.63) is 0 Å². The summed E-state index contributed by atoms with van der Waals surface area (Å²) >= 11 is 0. The molecule has 0 heterocycles. The monoisotopic (exact) mass is 282 g/mol. The fourth-order valence-corrected chi connectivity index (χ4v) is 3.38. The number of carboxylic acid groups (broad SMARTS) is 1. The number of unbranched alkanes of at least 4 members (excludes halogenated alkanes) is 2. The Labute approximate surface area is 108 Å². The molecule has 0 saturated carbocycles. The zero-order valence-electron chi connectivity index (χ0n) is 10.9. The number of aliphatic carboxylic acids is 1. The Balaban J connectivity index is 4.13. The quantitative estimate of drug-likeness (QED) is 0.418. The number of hydrogen-bond acceptors (Lipinski definition) is 4. The Kier molecular flexibility index (Phi) is 8.44. The molecular weight excluding hydrogens is 259 g/mol. The van der Waals surface area contributed by atoms with Crippen molar-refractivity contribution in [1.29, 1.82) is 0 Å². The number of carbonyl (C=O) groups is 1. The predicted octanol–water partition coefficient (Wildman–Crippen LogP) is 1.99. The standard InChI is InChI=1S/C11H23O6P/c1-3-17-18(15,16)10(9(2)12)7-5-4-6-8-11(13)14/h9-10,12H,3-8H2,1-2H3,(H,13,14)(H,15,16). The van der Waals surface area contributed by atoms with Crippen molar-refractivity contribution in [3.8, 4) is 0 Å². The molecular formula is C11H23O6P. The van der Waals surface area contributed by atoms with E-state index in [0.717, 1.165) is 0 Å².